The fraction of sp³-hybridized carbons (Fsp3) is 1.00. The van der Waals surface area contributed by atoms with Crippen molar-refractivity contribution in [3.8, 4) is 0 Å². The lowest BCUT2D eigenvalue weighted by molar-refractivity contribution is 0.784. The largest absolute Gasteiger partial charge is 0.153 e. The molecule has 0 aliphatic carbocycles. The maximum Gasteiger partial charge on any atom is 0.00777 e. The van der Waals surface area contributed by atoms with Gasteiger partial charge in [0.1, 0.15) is 0 Å². The molecular weight excluding hydrogens is 255 g/mol. The van der Waals surface area contributed by atoms with Gasteiger partial charge in [-0.05, 0) is 6.42 Å². The van der Waals surface area contributed by atoms with Gasteiger partial charge in [-0.2, -0.15) is 11.8 Å². The first-order valence-electron chi connectivity index (χ1n) is 3.69. The van der Waals surface area contributed by atoms with E-state index in [1.54, 1.807) is 0 Å². The van der Waals surface area contributed by atoms with E-state index in [1.165, 1.54) is 10.8 Å². The van der Waals surface area contributed by atoms with Crippen molar-refractivity contribution in [1.82, 2.24) is 0 Å². The Morgan fingerprint density at radius 1 is 1.40 bits per heavy atom. The highest BCUT2D eigenvalue weighted by atomic mass is 127. The van der Waals surface area contributed by atoms with Crippen molar-refractivity contribution in [1.29, 1.82) is 0 Å². The molecular formula is C8H17IS. The quantitative estimate of drug-likeness (QED) is 0.557. The number of hydrogen-bond donors (Lipinski definition) is 0. The second-order valence-electron chi connectivity index (χ2n) is 3.52. The zero-order valence-corrected chi connectivity index (χ0v) is 10.3. The molecule has 1 atom stereocenters. The van der Waals surface area contributed by atoms with Crippen LogP contribution >= 0.6 is 34.4 Å². The Morgan fingerprint density at radius 3 is 2.20 bits per heavy atom. The van der Waals surface area contributed by atoms with Crippen molar-refractivity contribution in [3.63, 3.8) is 0 Å². The third-order valence-corrected chi connectivity index (χ3v) is 3.04. The van der Waals surface area contributed by atoms with Crippen molar-refractivity contribution in [2.24, 2.45) is 0 Å². The molecule has 0 aliphatic rings. The van der Waals surface area contributed by atoms with E-state index in [4.69, 9.17) is 0 Å². The van der Waals surface area contributed by atoms with E-state index in [-0.39, 0.29) is 0 Å². The third kappa shape index (κ3) is 7.19. The van der Waals surface area contributed by atoms with E-state index in [0.29, 0.717) is 4.75 Å². The molecule has 1 unspecified atom stereocenters. The smallest absolute Gasteiger partial charge is 0.00777 e. The SMILES string of the molecule is CC(CCI)SC(C)(C)C. The fourth-order valence-electron chi connectivity index (χ4n) is 0.816. The Balaban J connectivity index is 3.47. The highest BCUT2D eigenvalue weighted by Gasteiger charge is 2.14. The highest BCUT2D eigenvalue weighted by Crippen LogP contribution is 2.29. The van der Waals surface area contributed by atoms with Crippen LogP contribution in [0.1, 0.15) is 34.1 Å². The van der Waals surface area contributed by atoms with Gasteiger partial charge in [-0.3, -0.25) is 0 Å². The molecule has 0 spiro atoms. The van der Waals surface area contributed by atoms with E-state index in [9.17, 15) is 0 Å². The summed E-state index contributed by atoms with van der Waals surface area (Å²) in [6.45, 7) is 9.15. The zero-order chi connectivity index (χ0) is 8.20. The molecule has 10 heavy (non-hydrogen) atoms. The van der Waals surface area contributed by atoms with E-state index in [1.807, 2.05) is 0 Å². The second-order valence-corrected chi connectivity index (χ2v) is 6.86. The van der Waals surface area contributed by atoms with Crippen LogP contribution in [0.25, 0.3) is 0 Å². The Morgan fingerprint density at radius 2 is 1.90 bits per heavy atom. The lowest BCUT2D eigenvalue weighted by Crippen LogP contribution is -2.13. The highest BCUT2D eigenvalue weighted by molar-refractivity contribution is 14.1. The molecule has 0 aromatic rings. The molecule has 0 amide bonds. The molecule has 0 saturated heterocycles. The van der Waals surface area contributed by atoms with Gasteiger partial charge in [0.25, 0.3) is 0 Å². The number of rotatable bonds is 3. The maximum atomic E-state index is 2.44. The van der Waals surface area contributed by atoms with E-state index < -0.39 is 0 Å². The average Bonchev–Trinajstić information content (AvgIpc) is 1.59. The molecule has 0 fully saturated rings. The Hall–Kier alpha value is 1.08. The fourth-order valence-corrected chi connectivity index (χ4v) is 3.62. The zero-order valence-electron chi connectivity index (χ0n) is 7.28. The van der Waals surface area contributed by atoms with Crippen molar-refractivity contribution in [2.45, 2.75) is 44.1 Å². The number of hydrogen-bond acceptors (Lipinski definition) is 1. The van der Waals surface area contributed by atoms with Gasteiger partial charge >= 0.3 is 0 Å². The lowest BCUT2D eigenvalue weighted by Gasteiger charge is -2.22. The summed E-state index contributed by atoms with van der Waals surface area (Å²) in [4.78, 5) is 0. The molecule has 0 aromatic carbocycles. The lowest BCUT2D eigenvalue weighted by atomic mass is 10.3. The number of halogens is 1. The Labute approximate surface area is 82.7 Å². The van der Waals surface area contributed by atoms with Gasteiger partial charge in [0, 0.05) is 14.4 Å². The molecule has 0 nitrogen and oxygen atoms in total. The summed E-state index contributed by atoms with van der Waals surface area (Å²) in [7, 11) is 0. The minimum absolute atomic E-state index is 0.436. The monoisotopic (exact) mass is 272 g/mol. The van der Waals surface area contributed by atoms with Crippen LogP contribution in [-0.2, 0) is 0 Å². The van der Waals surface area contributed by atoms with Crippen molar-refractivity contribution in [3.05, 3.63) is 0 Å². The van der Waals surface area contributed by atoms with E-state index >= 15 is 0 Å². The maximum absolute atomic E-state index is 2.44. The van der Waals surface area contributed by atoms with Crippen LogP contribution in [0.2, 0.25) is 0 Å². The van der Waals surface area contributed by atoms with Gasteiger partial charge in [-0.1, -0.05) is 50.3 Å². The minimum atomic E-state index is 0.436. The Kier molecular flexibility index (Phi) is 5.38. The van der Waals surface area contributed by atoms with Crippen molar-refractivity contribution >= 4 is 34.4 Å². The van der Waals surface area contributed by atoms with E-state index in [2.05, 4.69) is 62.0 Å². The van der Waals surface area contributed by atoms with E-state index in [0.717, 1.165) is 5.25 Å². The Bertz CT molecular complexity index is 85.7. The first-order valence-corrected chi connectivity index (χ1v) is 6.10. The van der Waals surface area contributed by atoms with Gasteiger partial charge in [0.05, 0.1) is 0 Å². The van der Waals surface area contributed by atoms with Crippen LogP contribution in [0.4, 0.5) is 0 Å². The van der Waals surface area contributed by atoms with Gasteiger partial charge in [0.15, 0.2) is 0 Å². The summed E-state index contributed by atoms with van der Waals surface area (Å²) in [5.74, 6) is 0. The van der Waals surface area contributed by atoms with Crippen LogP contribution in [0.3, 0.4) is 0 Å². The predicted molar refractivity (Wildman–Crippen MR) is 60.3 cm³/mol. The summed E-state index contributed by atoms with van der Waals surface area (Å²) < 4.78 is 1.72. The minimum Gasteiger partial charge on any atom is -0.153 e. The molecule has 0 aromatic heterocycles. The summed E-state index contributed by atoms with van der Waals surface area (Å²) >= 11 is 4.52. The van der Waals surface area contributed by atoms with Gasteiger partial charge in [-0.15, -0.1) is 0 Å². The summed E-state index contributed by atoms with van der Waals surface area (Å²) in [5, 5.41) is 0.817. The predicted octanol–water partition coefficient (Wildman–Crippen LogP) is 3.73. The van der Waals surface area contributed by atoms with Crippen LogP contribution in [0, 0.1) is 0 Å². The standard InChI is InChI=1S/C8H17IS/c1-7(5-6-9)10-8(2,3)4/h7H,5-6H2,1-4H3. The molecule has 2 heteroatoms. The van der Waals surface area contributed by atoms with Crippen LogP contribution in [0.5, 0.6) is 0 Å². The topological polar surface area (TPSA) is 0 Å². The molecule has 0 bridgehead atoms. The van der Waals surface area contributed by atoms with Crippen LogP contribution in [0.15, 0.2) is 0 Å². The molecule has 0 heterocycles. The van der Waals surface area contributed by atoms with Gasteiger partial charge < -0.3 is 0 Å². The molecule has 0 radical (unpaired) electrons. The second kappa shape index (κ2) is 4.86. The van der Waals surface area contributed by atoms with Crippen LogP contribution in [-0.4, -0.2) is 14.4 Å². The first kappa shape index (κ1) is 11.1. The molecule has 0 rings (SSSR count). The first-order chi connectivity index (χ1) is 4.45. The van der Waals surface area contributed by atoms with Crippen LogP contribution < -0.4 is 0 Å². The number of alkyl halides is 1. The van der Waals surface area contributed by atoms with Gasteiger partial charge in [0.2, 0.25) is 0 Å². The number of thioether (sulfide) groups is 1. The summed E-state index contributed by atoms with van der Waals surface area (Å²) in [6, 6.07) is 0. The van der Waals surface area contributed by atoms with Crippen molar-refractivity contribution < 1.29 is 0 Å². The summed E-state index contributed by atoms with van der Waals surface area (Å²) in [6.07, 6.45) is 1.34. The third-order valence-electron chi connectivity index (χ3n) is 1.07. The molecule has 62 valence electrons. The normalized spacial score (nSPS) is 15.3. The van der Waals surface area contributed by atoms with Gasteiger partial charge in [-0.25, -0.2) is 0 Å². The van der Waals surface area contributed by atoms with Crippen molar-refractivity contribution in [2.75, 3.05) is 4.43 Å². The average molecular weight is 272 g/mol. The molecule has 0 N–H and O–H groups in total. The molecule has 0 aliphatic heterocycles. The summed E-state index contributed by atoms with van der Waals surface area (Å²) in [5.41, 5.74) is 0. The molecule has 0 saturated carbocycles.